The van der Waals surface area contributed by atoms with Crippen molar-refractivity contribution < 1.29 is 14.6 Å². The third kappa shape index (κ3) is 4.24. The fourth-order valence-electron chi connectivity index (χ4n) is 2.08. The zero-order valence-corrected chi connectivity index (χ0v) is 14.9. The van der Waals surface area contributed by atoms with Crippen molar-refractivity contribution in [1.29, 1.82) is 5.26 Å². The van der Waals surface area contributed by atoms with Gasteiger partial charge in [-0.1, -0.05) is 29.3 Å². The highest BCUT2D eigenvalue weighted by Gasteiger charge is 2.14. The average Bonchev–Trinajstić information content (AvgIpc) is 2.59. The smallest absolute Gasteiger partial charge is 0.266 e. The van der Waals surface area contributed by atoms with Crippen LogP contribution >= 0.6 is 23.2 Å². The third-order valence-corrected chi connectivity index (χ3v) is 4.16. The Morgan fingerprint density at radius 1 is 1.32 bits per heavy atom. The maximum absolute atomic E-state index is 12.4. The summed E-state index contributed by atoms with van der Waals surface area (Å²) in [5, 5.41) is 22.2. The molecule has 5 nitrogen and oxygen atoms in total. The molecule has 0 saturated heterocycles. The van der Waals surface area contributed by atoms with E-state index in [1.54, 1.807) is 25.1 Å². The zero-order valence-electron chi connectivity index (χ0n) is 13.4. The molecule has 2 aromatic rings. The lowest BCUT2D eigenvalue weighted by Crippen LogP contribution is -2.14. The number of carbonyl (C=O) groups excluding carboxylic acids is 1. The molecule has 0 bridgehead atoms. The Morgan fingerprint density at radius 2 is 2.04 bits per heavy atom. The number of anilines is 1. The molecule has 1 amide bonds. The van der Waals surface area contributed by atoms with Crippen LogP contribution in [-0.4, -0.2) is 18.1 Å². The molecule has 0 fully saturated rings. The number of amides is 1. The van der Waals surface area contributed by atoms with E-state index in [1.807, 2.05) is 6.07 Å². The van der Waals surface area contributed by atoms with Crippen molar-refractivity contribution in [2.24, 2.45) is 0 Å². The molecule has 25 heavy (non-hydrogen) atoms. The molecular formula is C18H14Cl2N2O3. The molecule has 0 aliphatic carbocycles. The number of rotatable bonds is 4. The maximum atomic E-state index is 12.4. The highest BCUT2D eigenvalue weighted by molar-refractivity contribution is 6.32. The number of methoxy groups -OCH3 is 1. The van der Waals surface area contributed by atoms with Gasteiger partial charge in [-0.25, -0.2) is 0 Å². The molecule has 0 atom stereocenters. The van der Waals surface area contributed by atoms with Crippen molar-refractivity contribution in [2.75, 3.05) is 12.4 Å². The summed E-state index contributed by atoms with van der Waals surface area (Å²) < 4.78 is 5.00. The number of nitrogens with zero attached hydrogens (tertiary/aromatic N) is 1. The summed E-state index contributed by atoms with van der Waals surface area (Å²) in [6, 6.07) is 9.84. The standard InChI is InChI=1S/C18H14Cl2N2O3/c1-10-13(19)4-3-5-15(10)22-18(24)12(9-21)6-11-7-14(20)17(23)16(8-11)25-2/h3-8,23H,1-2H3,(H,22,24)/b12-6+. The van der Waals surface area contributed by atoms with Crippen LogP contribution < -0.4 is 10.1 Å². The van der Waals surface area contributed by atoms with Crippen molar-refractivity contribution >= 4 is 40.9 Å². The minimum absolute atomic E-state index is 0.0500. The van der Waals surface area contributed by atoms with Gasteiger partial charge < -0.3 is 15.2 Å². The molecule has 0 spiro atoms. The number of phenolic OH excluding ortho intramolecular Hbond substituents is 1. The molecule has 0 aliphatic heterocycles. The van der Waals surface area contributed by atoms with Crippen LogP contribution in [-0.2, 0) is 4.79 Å². The number of nitrogens with one attached hydrogen (secondary N) is 1. The summed E-state index contributed by atoms with van der Waals surface area (Å²) in [5.41, 5.74) is 1.52. The van der Waals surface area contributed by atoms with Crippen LogP contribution in [0.2, 0.25) is 10.0 Å². The Labute approximate surface area is 155 Å². The van der Waals surface area contributed by atoms with Gasteiger partial charge in [0, 0.05) is 10.7 Å². The van der Waals surface area contributed by atoms with Gasteiger partial charge in [-0.3, -0.25) is 4.79 Å². The van der Waals surface area contributed by atoms with Crippen LogP contribution in [0.3, 0.4) is 0 Å². The minimum atomic E-state index is -0.587. The molecule has 0 saturated carbocycles. The molecule has 0 unspecified atom stereocenters. The van der Waals surface area contributed by atoms with Crippen molar-refractivity contribution in [3.63, 3.8) is 0 Å². The minimum Gasteiger partial charge on any atom is -0.503 e. The van der Waals surface area contributed by atoms with Crippen LogP contribution in [0.25, 0.3) is 6.08 Å². The summed E-state index contributed by atoms with van der Waals surface area (Å²) >= 11 is 11.9. The SMILES string of the molecule is COc1cc(/C=C(\C#N)C(=O)Nc2cccc(Cl)c2C)cc(Cl)c1O. The Morgan fingerprint density at radius 3 is 2.68 bits per heavy atom. The second-order valence-corrected chi connectivity index (χ2v) is 5.90. The first-order valence-corrected chi connectivity index (χ1v) is 7.87. The van der Waals surface area contributed by atoms with E-state index in [0.717, 1.165) is 0 Å². The Kier molecular flexibility index (Phi) is 5.92. The number of benzene rings is 2. The molecule has 0 radical (unpaired) electrons. The molecule has 7 heteroatoms. The molecule has 0 aromatic heterocycles. The summed E-state index contributed by atoms with van der Waals surface area (Å²) in [6.45, 7) is 1.76. The monoisotopic (exact) mass is 376 g/mol. The van der Waals surface area contributed by atoms with Crippen LogP contribution in [0.4, 0.5) is 5.69 Å². The van der Waals surface area contributed by atoms with E-state index in [9.17, 15) is 15.2 Å². The Hall–Kier alpha value is -2.68. The number of phenols is 1. The molecule has 0 aliphatic rings. The van der Waals surface area contributed by atoms with Gasteiger partial charge in [-0.05, 0) is 48.4 Å². The highest BCUT2D eigenvalue weighted by atomic mass is 35.5. The second-order valence-electron chi connectivity index (χ2n) is 5.09. The lowest BCUT2D eigenvalue weighted by atomic mass is 10.1. The number of hydrogen-bond acceptors (Lipinski definition) is 4. The van der Waals surface area contributed by atoms with E-state index in [0.29, 0.717) is 21.8 Å². The summed E-state index contributed by atoms with van der Waals surface area (Å²) in [5.74, 6) is -0.656. The second kappa shape index (κ2) is 7.93. The van der Waals surface area contributed by atoms with Gasteiger partial charge in [0.2, 0.25) is 0 Å². The molecule has 2 rings (SSSR count). The zero-order chi connectivity index (χ0) is 18.6. The van der Waals surface area contributed by atoms with Crippen LogP contribution in [0.5, 0.6) is 11.5 Å². The van der Waals surface area contributed by atoms with Crippen LogP contribution in [0.15, 0.2) is 35.9 Å². The van der Waals surface area contributed by atoms with E-state index in [2.05, 4.69) is 5.32 Å². The van der Waals surface area contributed by atoms with Crippen molar-refractivity contribution in [2.45, 2.75) is 6.92 Å². The largest absolute Gasteiger partial charge is 0.503 e. The number of aromatic hydroxyl groups is 1. The predicted octanol–water partition coefficient (Wildman–Crippen LogP) is 4.56. The number of hydrogen-bond donors (Lipinski definition) is 2. The van der Waals surface area contributed by atoms with Crippen molar-refractivity contribution in [1.82, 2.24) is 0 Å². The van der Waals surface area contributed by atoms with Crippen LogP contribution in [0.1, 0.15) is 11.1 Å². The van der Waals surface area contributed by atoms with Gasteiger partial charge in [-0.2, -0.15) is 5.26 Å². The summed E-state index contributed by atoms with van der Waals surface area (Å²) in [7, 11) is 1.37. The van der Waals surface area contributed by atoms with E-state index in [-0.39, 0.29) is 22.1 Å². The lowest BCUT2D eigenvalue weighted by Gasteiger charge is -2.09. The van der Waals surface area contributed by atoms with Gasteiger partial charge in [0.05, 0.1) is 12.1 Å². The molecule has 0 heterocycles. The number of halogens is 2. The Balaban J connectivity index is 2.34. The molecule has 128 valence electrons. The van der Waals surface area contributed by atoms with Gasteiger partial charge in [0.15, 0.2) is 11.5 Å². The number of nitriles is 1. The summed E-state index contributed by atoms with van der Waals surface area (Å²) in [4.78, 5) is 12.4. The topological polar surface area (TPSA) is 82.3 Å². The summed E-state index contributed by atoms with van der Waals surface area (Å²) in [6.07, 6.45) is 1.35. The van der Waals surface area contributed by atoms with E-state index in [4.69, 9.17) is 27.9 Å². The maximum Gasteiger partial charge on any atom is 0.266 e. The van der Waals surface area contributed by atoms with E-state index < -0.39 is 5.91 Å². The molecule has 2 N–H and O–H groups in total. The molecular weight excluding hydrogens is 363 g/mol. The first kappa shape index (κ1) is 18.7. The lowest BCUT2D eigenvalue weighted by molar-refractivity contribution is -0.112. The van der Waals surface area contributed by atoms with Crippen molar-refractivity contribution in [3.05, 3.63) is 57.1 Å². The molecule has 2 aromatic carbocycles. The van der Waals surface area contributed by atoms with Gasteiger partial charge in [-0.15, -0.1) is 0 Å². The Bertz CT molecular complexity index is 902. The fraction of sp³-hybridized carbons (Fsp3) is 0.111. The van der Waals surface area contributed by atoms with Gasteiger partial charge >= 0.3 is 0 Å². The van der Waals surface area contributed by atoms with Gasteiger partial charge in [0.1, 0.15) is 11.6 Å². The van der Waals surface area contributed by atoms with Crippen LogP contribution in [0, 0.1) is 18.3 Å². The van der Waals surface area contributed by atoms with E-state index >= 15 is 0 Å². The normalized spacial score (nSPS) is 10.9. The first-order chi connectivity index (χ1) is 11.9. The quantitative estimate of drug-likeness (QED) is 0.604. The fourth-order valence-corrected chi connectivity index (χ4v) is 2.47. The first-order valence-electron chi connectivity index (χ1n) is 7.12. The van der Waals surface area contributed by atoms with E-state index in [1.165, 1.54) is 25.3 Å². The predicted molar refractivity (Wildman–Crippen MR) is 98.1 cm³/mol. The number of carbonyl (C=O) groups is 1. The van der Waals surface area contributed by atoms with Crippen molar-refractivity contribution in [3.8, 4) is 17.6 Å². The number of ether oxygens (including phenoxy) is 1. The third-order valence-electron chi connectivity index (χ3n) is 3.46. The highest BCUT2D eigenvalue weighted by Crippen LogP contribution is 2.35. The average molecular weight is 377 g/mol. The van der Waals surface area contributed by atoms with Gasteiger partial charge in [0.25, 0.3) is 5.91 Å².